The van der Waals surface area contributed by atoms with Gasteiger partial charge >= 0.3 is 0 Å². The van der Waals surface area contributed by atoms with Gasteiger partial charge in [0.15, 0.2) is 6.61 Å². The number of hydrogen-bond acceptors (Lipinski definition) is 6. The second-order valence-corrected chi connectivity index (χ2v) is 6.48. The van der Waals surface area contributed by atoms with Gasteiger partial charge in [-0.1, -0.05) is 60.3 Å². The van der Waals surface area contributed by atoms with Crippen LogP contribution in [0.3, 0.4) is 0 Å². The van der Waals surface area contributed by atoms with E-state index in [9.17, 15) is 4.79 Å². The van der Waals surface area contributed by atoms with Crippen molar-refractivity contribution in [1.82, 2.24) is 15.5 Å². The summed E-state index contributed by atoms with van der Waals surface area (Å²) in [7, 11) is 0. The number of carbonyl (C=O) groups excluding carboxylic acids is 1. The number of rotatable bonds is 8. The Morgan fingerprint density at radius 1 is 1.12 bits per heavy atom. The molecule has 0 fully saturated rings. The topological polar surface area (TPSA) is 77.2 Å². The Balaban J connectivity index is 1.43. The molecule has 6 nitrogen and oxygen atoms in total. The summed E-state index contributed by atoms with van der Waals surface area (Å²) in [5, 5.41) is 11.1. The van der Waals surface area contributed by atoms with Gasteiger partial charge in [0.1, 0.15) is 5.75 Å². The van der Waals surface area contributed by atoms with Crippen LogP contribution in [0.1, 0.15) is 24.4 Å². The molecule has 7 heteroatoms. The summed E-state index contributed by atoms with van der Waals surface area (Å²) < 4.78 is 11.0. The Bertz CT molecular complexity index is 824. The fourth-order valence-corrected chi connectivity index (χ4v) is 2.84. The highest BCUT2D eigenvalue weighted by Gasteiger charge is 2.13. The lowest BCUT2D eigenvalue weighted by atomic mass is 10.1. The predicted molar refractivity (Wildman–Crippen MR) is 98.8 cm³/mol. The molecule has 26 heavy (non-hydrogen) atoms. The molecule has 0 aliphatic carbocycles. The van der Waals surface area contributed by atoms with Crippen molar-refractivity contribution >= 4 is 17.7 Å². The molecular weight excluding hydrogens is 350 g/mol. The molecule has 0 saturated heterocycles. The molecule has 0 aliphatic heterocycles. The van der Waals surface area contributed by atoms with Gasteiger partial charge in [0, 0.05) is 0 Å². The maximum Gasteiger partial charge on any atom is 0.277 e. The van der Waals surface area contributed by atoms with Crippen LogP contribution in [0.2, 0.25) is 0 Å². The van der Waals surface area contributed by atoms with Gasteiger partial charge in [0.2, 0.25) is 5.91 Å². The predicted octanol–water partition coefficient (Wildman–Crippen LogP) is 3.62. The Morgan fingerprint density at radius 3 is 2.54 bits per heavy atom. The molecule has 3 rings (SSSR count). The number of ether oxygens (including phenoxy) is 1. The molecule has 1 atom stereocenters. The van der Waals surface area contributed by atoms with Crippen molar-refractivity contribution < 1.29 is 13.9 Å². The zero-order chi connectivity index (χ0) is 18.2. The lowest BCUT2D eigenvalue weighted by Crippen LogP contribution is -2.28. The van der Waals surface area contributed by atoms with Crippen molar-refractivity contribution in [2.75, 3.05) is 5.75 Å². The summed E-state index contributed by atoms with van der Waals surface area (Å²) in [4.78, 5) is 12.1. The third-order valence-corrected chi connectivity index (χ3v) is 4.38. The van der Waals surface area contributed by atoms with E-state index in [-0.39, 0.29) is 24.3 Å². The number of thioether (sulfide) groups is 1. The number of nitrogens with one attached hydrogen (secondary N) is 1. The van der Waals surface area contributed by atoms with Crippen molar-refractivity contribution in [2.24, 2.45) is 0 Å². The molecule has 0 aliphatic rings. The number of nitrogens with zero attached hydrogens (tertiary/aromatic N) is 2. The zero-order valence-electron chi connectivity index (χ0n) is 14.3. The van der Waals surface area contributed by atoms with Gasteiger partial charge < -0.3 is 14.5 Å². The first-order valence-corrected chi connectivity index (χ1v) is 9.16. The molecule has 2 aromatic carbocycles. The number of para-hydroxylation sites is 1. The lowest BCUT2D eigenvalue weighted by molar-refractivity contribution is -0.119. The number of hydrogen-bond donors (Lipinski definition) is 1. The molecule has 0 saturated carbocycles. The van der Waals surface area contributed by atoms with E-state index in [1.807, 2.05) is 67.6 Å². The Morgan fingerprint density at radius 2 is 1.81 bits per heavy atom. The monoisotopic (exact) mass is 369 g/mol. The van der Waals surface area contributed by atoms with Crippen LogP contribution >= 0.6 is 11.8 Å². The minimum atomic E-state index is -0.0911. The standard InChI is InChI=1S/C19H19N3O3S/c1-14(15-8-4-2-5-9-15)20-17(23)13-26-19-22-21-18(25-19)12-24-16-10-6-3-7-11-16/h2-11,14H,12-13H2,1H3,(H,20,23)/t14-/m0/s1. The zero-order valence-corrected chi connectivity index (χ0v) is 15.1. The van der Waals surface area contributed by atoms with Crippen LogP contribution in [0.5, 0.6) is 5.75 Å². The average molecular weight is 369 g/mol. The summed E-state index contributed by atoms with van der Waals surface area (Å²) >= 11 is 1.20. The van der Waals surface area contributed by atoms with Gasteiger partial charge in [-0.2, -0.15) is 0 Å². The van der Waals surface area contributed by atoms with Gasteiger partial charge in [0.25, 0.3) is 11.1 Å². The third kappa shape index (κ3) is 5.35. The van der Waals surface area contributed by atoms with Crippen molar-refractivity contribution in [3.63, 3.8) is 0 Å². The van der Waals surface area contributed by atoms with Crippen molar-refractivity contribution in [2.45, 2.75) is 24.8 Å². The molecule has 0 radical (unpaired) electrons. The van der Waals surface area contributed by atoms with E-state index in [0.717, 1.165) is 11.3 Å². The first-order valence-electron chi connectivity index (χ1n) is 8.18. The SMILES string of the molecule is C[C@H](NC(=O)CSc1nnc(COc2ccccc2)o1)c1ccccc1. The summed E-state index contributed by atoms with van der Waals surface area (Å²) in [5.41, 5.74) is 1.06. The van der Waals surface area contributed by atoms with Crippen LogP contribution in [-0.2, 0) is 11.4 Å². The van der Waals surface area contributed by atoms with Crippen LogP contribution in [0.4, 0.5) is 0 Å². The van der Waals surface area contributed by atoms with Crippen LogP contribution in [0.25, 0.3) is 0 Å². The third-order valence-electron chi connectivity index (χ3n) is 3.56. The Labute approximate surface area is 156 Å². The number of aromatic nitrogens is 2. The smallest absolute Gasteiger partial charge is 0.277 e. The highest BCUT2D eigenvalue weighted by Crippen LogP contribution is 2.18. The highest BCUT2D eigenvalue weighted by atomic mass is 32.2. The van der Waals surface area contributed by atoms with Crippen molar-refractivity contribution in [3.8, 4) is 5.75 Å². The second-order valence-electron chi connectivity index (χ2n) is 5.55. The van der Waals surface area contributed by atoms with Gasteiger partial charge in [-0.05, 0) is 24.6 Å². The quantitative estimate of drug-likeness (QED) is 0.611. The van der Waals surface area contributed by atoms with Gasteiger partial charge in [-0.3, -0.25) is 4.79 Å². The largest absolute Gasteiger partial charge is 0.484 e. The maximum atomic E-state index is 12.1. The molecule has 1 heterocycles. The lowest BCUT2D eigenvalue weighted by Gasteiger charge is -2.13. The fraction of sp³-hybridized carbons (Fsp3) is 0.211. The van der Waals surface area contributed by atoms with Crippen molar-refractivity contribution in [3.05, 3.63) is 72.1 Å². The van der Waals surface area contributed by atoms with Crippen LogP contribution < -0.4 is 10.1 Å². The Hall–Kier alpha value is -2.80. The van der Waals surface area contributed by atoms with E-state index < -0.39 is 0 Å². The number of carbonyl (C=O) groups is 1. The van der Waals surface area contributed by atoms with Gasteiger partial charge in [0.05, 0.1) is 11.8 Å². The number of amides is 1. The molecule has 1 N–H and O–H groups in total. The highest BCUT2D eigenvalue weighted by molar-refractivity contribution is 7.99. The van der Waals surface area contributed by atoms with E-state index in [1.54, 1.807) is 0 Å². The second kappa shape index (κ2) is 9.05. The molecular formula is C19H19N3O3S. The molecule has 0 spiro atoms. The Kier molecular flexibility index (Phi) is 6.27. The summed E-state index contributed by atoms with van der Waals surface area (Å²) in [6.07, 6.45) is 0. The van der Waals surface area contributed by atoms with Crippen molar-refractivity contribution in [1.29, 1.82) is 0 Å². The molecule has 0 bridgehead atoms. The minimum Gasteiger partial charge on any atom is -0.484 e. The molecule has 3 aromatic rings. The van der Waals surface area contributed by atoms with E-state index in [2.05, 4.69) is 15.5 Å². The molecule has 0 unspecified atom stereocenters. The molecule has 1 aromatic heterocycles. The van der Waals surface area contributed by atoms with E-state index >= 15 is 0 Å². The first-order chi connectivity index (χ1) is 12.7. The van der Waals surface area contributed by atoms with Gasteiger partial charge in [-0.15, -0.1) is 10.2 Å². The summed E-state index contributed by atoms with van der Waals surface area (Å²) in [6, 6.07) is 19.1. The van der Waals surface area contributed by atoms with Gasteiger partial charge in [-0.25, -0.2) is 0 Å². The molecule has 1 amide bonds. The molecule has 134 valence electrons. The van der Waals surface area contributed by atoms with Crippen LogP contribution in [0, 0.1) is 0 Å². The van der Waals surface area contributed by atoms with Crippen LogP contribution in [-0.4, -0.2) is 21.9 Å². The first kappa shape index (κ1) is 18.0. The van der Waals surface area contributed by atoms with E-state index in [4.69, 9.17) is 9.15 Å². The fourth-order valence-electron chi connectivity index (χ4n) is 2.25. The van der Waals surface area contributed by atoms with E-state index in [1.165, 1.54) is 11.8 Å². The van der Waals surface area contributed by atoms with Crippen LogP contribution in [0.15, 0.2) is 70.3 Å². The minimum absolute atomic E-state index is 0.0539. The maximum absolute atomic E-state index is 12.1. The normalized spacial score (nSPS) is 11.7. The average Bonchev–Trinajstić information content (AvgIpc) is 3.14. The summed E-state index contributed by atoms with van der Waals surface area (Å²) in [6.45, 7) is 2.14. The summed E-state index contributed by atoms with van der Waals surface area (Å²) in [5.74, 6) is 1.22. The number of benzene rings is 2. The van der Waals surface area contributed by atoms with E-state index in [0.29, 0.717) is 11.1 Å².